The zero-order chi connectivity index (χ0) is 12.6. The van der Waals surface area contributed by atoms with Gasteiger partial charge in [0.05, 0.1) is 6.61 Å². The van der Waals surface area contributed by atoms with Crippen molar-refractivity contribution in [1.82, 2.24) is 0 Å². The smallest absolute Gasteiger partial charge is 0.157 e. The summed E-state index contributed by atoms with van der Waals surface area (Å²) < 4.78 is 11.1. The minimum Gasteiger partial charge on any atom is -0.353 e. The van der Waals surface area contributed by atoms with Crippen LogP contribution in [0.4, 0.5) is 0 Å². The molecule has 3 heteroatoms. The van der Waals surface area contributed by atoms with Gasteiger partial charge in [0.1, 0.15) is 0 Å². The van der Waals surface area contributed by atoms with E-state index in [1.165, 1.54) is 6.42 Å². The maximum atomic E-state index is 5.80. The number of rotatable bonds is 3. The van der Waals surface area contributed by atoms with E-state index in [0.29, 0.717) is 6.61 Å². The highest BCUT2D eigenvalue weighted by atomic mass is 35.5. The molecule has 96 valence electrons. The van der Waals surface area contributed by atoms with Crippen LogP contribution in [0.25, 0.3) is 0 Å². The fourth-order valence-corrected chi connectivity index (χ4v) is 1.91. The minimum atomic E-state index is -0.0175. The Morgan fingerprint density at radius 3 is 2.83 bits per heavy atom. The van der Waals surface area contributed by atoms with E-state index in [4.69, 9.17) is 21.1 Å². The topological polar surface area (TPSA) is 18.5 Å². The van der Waals surface area contributed by atoms with Crippen LogP contribution < -0.4 is 0 Å². The van der Waals surface area contributed by atoms with Crippen molar-refractivity contribution in [3.05, 3.63) is 34.9 Å². The van der Waals surface area contributed by atoms with Gasteiger partial charge in [-0.15, -0.1) is 0 Å². The van der Waals surface area contributed by atoms with E-state index in [2.05, 4.69) is 11.8 Å². The molecule has 1 aliphatic rings. The van der Waals surface area contributed by atoms with Crippen molar-refractivity contribution in [3.63, 3.8) is 0 Å². The highest BCUT2D eigenvalue weighted by Crippen LogP contribution is 2.13. The van der Waals surface area contributed by atoms with Gasteiger partial charge in [0.25, 0.3) is 0 Å². The SMILES string of the molecule is Clc1ccc(C#CCCOC2CCCCO2)cc1. The Bertz CT molecular complexity index is 410. The first-order valence-corrected chi connectivity index (χ1v) is 6.70. The van der Waals surface area contributed by atoms with Gasteiger partial charge in [-0.25, -0.2) is 0 Å². The second-order valence-corrected chi connectivity index (χ2v) is 4.66. The summed E-state index contributed by atoms with van der Waals surface area (Å²) in [5.41, 5.74) is 0.980. The van der Waals surface area contributed by atoms with Gasteiger partial charge < -0.3 is 9.47 Å². The van der Waals surface area contributed by atoms with Crippen LogP contribution in [0, 0.1) is 11.8 Å². The summed E-state index contributed by atoms with van der Waals surface area (Å²) in [5.74, 6) is 6.17. The molecule has 0 saturated carbocycles. The molecule has 1 aromatic carbocycles. The zero-order valence-corrected chi connectivity index (χ0v) is 11.1. The lowest BCUT2D eigenvalue weighted by molar-refractivity contribution is -0.161. The number of ether oxygens (including phenoxy) is 2. The van der Waals surface area contributed by atoms with Gasteiger partial charge >= 0.3 is 0 Å². The molecule has 1 aromatic rings. The van der Waals surface area contributed by atoms with Crippen molar-refractivity contribution in [2.75, 3.05) is 13.2 Å². The second kappa shape index (κ2) is 7.43. The Labute approximate surface area is 113 Å². The van der Waals surface area contributed by atoms with E-state index in [9.17, 15) is 0 Å². The zero-order valence-electron chi connectivity index (χ0n) is 10.3. The molecule has 0 aromatic heterocycles. The van der Waals surface area contributed by atoms with Gasteiger partial charge in [-0.1, -0.05) is 23.4 Å². The molecular weight excluding hydrogens is 248 g/mol. The molecule has 0 N–H and O–H groups in total. The largest absolute Gasteiger partial charge is 0.353 e. The maximum Gasteiger partial charge on any atom is 0.157 e. The summed E-state index contributed by atoms with van der Waals surface area (Å²) in [5, 5.41) is 0.735. The van der Waals surface area contributed by atoms with Gasteiger partial charge in [-0.2, -0.15) is 0 Å². The molecule has 1 fully saturated rings. The molecule has 0 aliphatic carbocycles. The van der Waals surface area contributed by atoms with Crippen LogP contribution in [-0.4, -0.2) is 19.5 Å². The maximum absolute atomic E-state index is 5.80. The summed E-state index contributed by atoms with van der Waals surface area (Å²) >= 11 is 5.80. The third kappa shape index (κ3) is 4.70. The third-order valence-electron chi connectivity index (χ3n) is 2.75. The quantitative estimate of drug-likeness (QED) is 0.613. The molecule has 1 saturated heterocycles. The van der Waals surface area contributed by atoms with Crippen molar-refractivity contribution >= 4 is 11.6 Å². The molecule has 2 rings (SSSR count). The Balaban J connectivity index is 1.67. The van der Waals surface area contributed by atoms with Crippen molar-refractivity contribution in [2.45, 2.75) is 32.0 Å². The van der Waals surface area contributed by atoms with Crippen molar-refractivity contribution in [2.24, 2.45) is 0 Å². The number of benzene rings is 1. The monoisotopic (exact) mass is 264 g/mol. The molecule has 1 heterocycles. The Morgan fingerprint density at radius 2 is 2.11 bits per heavy atom. The van der Waals surface area contributed by atoms with Gasteiger partial charge in [-0.3, -0.25) is 0 Å². The van der Waals surface area contributed by atoms with Gasteiger partial charge in [0.15, 0.2) is 6.29 Å². The Kier molecular flexibility index (Phi) is 5.54. The predicted octanol–water partition coefficient (Wildman–Crippen LogP) is 3.62. The van der Waals surface area contributed by atoms with E-state index in [1.54, 1.807) is 0 Å². The summed E-state index contributed by atoms with van der Waals surface area (Å²) in [6.07, 6.45) is 4.06. The first-order valence-electron chi connectivity index (χ1n) is 6.32. The van der Waals surface area contributed by atoms with Crippen LogP contribution in [0.3, 0.4) is 0 Å². The molecule has 0 radical (unpaired) electrons. The van der Waals surface area contributed by atoms with Gasteiger partial charge in [0.2, 0.25) is 0 Å². The summed E-state index contributed by atoms with van der Waals surface area (Å²) in [6.45, 7) is 1.45. The molecule has 2 nitrogen and oxygen atoms in total. The van der Waals surface area contributed by atoms with E-state index in [-0.39, 0.29) is 6.29 Å². The number of hydrogen-bond donors (Lipinski definition) is 0. The van der Waals surface area contributed by atoms with Gasteiger partial charge in [-0.05, 0) is 43.5 Å². The van der Waals surface area contributed by atoms with E-state index in [1.807, 2.05) is 24.3 Å². The lowest BCUT2D eigenvalue weighted by Gasteiger charge is -2.22. The molecule has 1 aliphatic heterocycles. The van der Waals surface area contributed by atoms with Crippen molar-refractivity contribution < 1.29 is 9.47 Å². The molecule has 1 unspecified atom stereocenters. The first kappa shape index (κ1) is 13.4. The molecular formula is C15H17ClO2. The first-order chi connectivity index (χ1) is 8.84. The molecule has 0 bridgehead atoms. The number of hydrogen-bond acceptors (Lipinski definition) is 2. The second-order valence-electron chi connectivity index (χ2n) is 4.23. The van der Waals surface area contributed by atoms with Crippen LogP contribution in [0.5, 0.6) is 0 Å². The van der Waals surface area contributed by atoms with Crippen LogP contribution in [-0.2, 0) is 9.47 Å². The molecule has 0 spiro atoms. The Morgan fingerprint density at radius 1 is 1.28 bits per heavy atom. The average molecular weight is 265 g/mol. The number of halogens is 1. The highest BCUT2D eigenvalue weighted by Gasteiger charge is 2.12. The van der Waals surface area contributed by atoms with E-state index in [0.717, 1.165) is 36.5 Å². The summed E-state index contributed by atoms with van der Waals surface area (Å²) in [6, 6.07) is 7.52. The highest BCUT2D eigenvalue weighted by molar-refractivity contribution is 6.30. The lowest BCUT2D eigenvalue weighted by Crippen LogP contribution is -2.22. The third-order valence-corrected chi connectivity index (χ3v) is 3.00. The van der Waals surface area contributed by atoms with Crippen LogP contribution >= 0.6 is 11.6 Å². The minimum absolute atomic E-state index is 0.0175. The normalized spacial score (nSPS) is 19.1. The summed E-state index contributed by atoms with van der Waals surface area (Å²) in [7, 11) is 0. The molecule has 0 amide bonds. The lowest BCUT2D eigenvalue weighted by atomic mass is 10.2. The Hall–Kier alpha value is -1.01. The predicted molar refractivity (Wildman–Crippen MR) is 72.5 cm³/mol. The molecule has 18 heavy (non-hydrogen) atoms. The van der Waals surface area contributed by atoms with Crippen LogP contribution in [0.2, 0.25) is 5.02 Å². The average Bonchev–Trinajstić information content (AvgIpc) is 2.42. The fraction of sp³-hybridized carbons (Fsp3) is 0.467. The standard InChI is InChI=1S/C15H17ClO2/c16-14-9-7-13(8-10-14)5-1-3-11-17-15-6-2-4-12-18-15/h7-10,15H,2-4,6,11-12H2. The fourth-order valence-electron chi connectivity index (χ4n) is 1.78. The van der Waals surface area contributed by atoms with Crippen molar-refractivity contribution in [1.29, 1.82) is 0 Å². The molecule has 1 atom stereocenters. The van der Waals surface area contributed by atoms with E-state index >= 15 is 0 Å². The van der Waals surface area contributed by atoms with Crippen LogP contribution in [0.15, 0.2) is 24.3 Å². The van der Waals surface area contributed by atoms with Gasteiger partial charge in [0, 0.05) is 23.6 Å². The van der Waals surface area contributed by atoms with Crippen LogP contribution in [0.1, 0.15) is 31.2 Å². The van der Waals surface area contributed by atoms with Crippen molar-refractivity contribution in [3.8, 4) is 11.8 Å². The summed E-state index contributed by atoms with van der Waals surface area (Å²) in [4.78, 5) is 0. The van der Waals surface area contributed by atoms with E-state index < -0.39 is 0 Å².